The van der Waals surface area contributed by atoms with E-state index in [9.17, 15) is 4.79 Å². The summed E-state index contributed by atoms with van der Waals surface area (Å²) in [4.78, 5) is 14.4. The smallest absolute Gasteiger partial charge is 0.292 e. The number of rotatable bonds is 7. The van der Waals surface area contributed by atoms with Crippen LogP contribution < -0.4 is 10.3 Å². The SMILES string of the molecule is COc1cccn(CCCCCN=[N+]=[N-])c1=O. The molecular formula is C11H16N4O2. The van der Waals surface area contributed by atoms with Gasteiger partial charge in [-0.3, -0.25) is 4.79 Å². The van der Waals surface area contributed by atoms with Crippen molar-refractivity contribution in [3.8, 4) is 5.75 Å². The molecule has 0 unspecified atom stereocenters. The summed E-state index contributed by atoms with van der Waals surface area (Å²) < 4.78 is 6.59. The molecule has 0 aliphatic heterocycles. The maximum Gasteiger partial charge on any atom is 0.292 e. The summed E-state index contributed by atoms with van der Waals surface area (Å²) in [6.07, 6.45) is 4.41. The second kappa shape index (κ2) is 7.35. The maximum absolute atomic E-state index is 11.7. The largest absolute Gasteiger partial charge is 0.491 e. The first-order chi connectivity index (χ1) is 8.29. The minimum Gasteiger partial charge on any atom is -0.491 e. The Morgan fingerprint density at radius 3 is 3.00 bits per heavy atom. The standard InChI is InChI=1S/C11H16N4O2/c1-17-10-6-5-9-15(11(10)16)8-4-2-3-7-13-14-12/h5-6,9H,2-4,7-8H2,1H3. The number of nitrogens with zero attached hydrogens (tertiary/aromatic N) is 4. The molecule has 0 saturated heterocycles. The Bertz CT molecular complexity index is 449. The van der Waals surface area contributed by atoms with Gasteiger partial charge in [0.25, 0.3) is 5.56 Å². The maximum atomic E-state index is 11.7. The van der Waals surface area contributed by atoms with Crippen molar-refractivity contribution in [3.63, 3.8) is 0 Å². The van der Waals surface area contributed by atoms with E-state index in [0.29, 0.717) is 18.8 Å². The van der Waals surface area contributed by atoms with Crippen molar-refractivity contribution < 1.29 is 4.74 Å². The average Bonchev–Trinajstić information content (AvgIpc) is 2.35. The zero-order valence-corrected chi connectivity index (χ0v) is 9.87. The molecule has 6 heteroatoms. The van der Waals surface area contributed by atoms with Gasteiger partial charge in [-0.05, 0) is 30.5 Å². The summed E-state index contributed by atoms with van der Waals surface area (Å²) >= 11 is 0. The molecule has 1 aromatic rings. The number of unbranched alkanes of at least 4 members (excludes halogenated alkanes) is 2. The van der Waals surface area contributed by atoms with Crippen LogP contribution in [0.15, 0.2) is 28.2 Å². The number of hydrogen-bond acceptors (Lipinski definition) is 3. The number of azide groups is 1. The summed E-state index contributed by atoms with van der Waals surface area (Å²) in [5, 5.41) is 3.45. The molecule has 0 N–H and O–H groups in total. The van der Waals surface area contributed by atoms with Crippen LogP contribution in [0.3, 0.4) is 0 Å². The molecule has 1 aromatic heterocycles. The second-order valence-electron chi connectivity index (χ2n) is 3.59. The third kappa shape index (κ3) is 4.20. The van der Waals surface area contributed by atoms with Gasteiger partial charge in [-0.1, -0.05) is 11.5 Å². The van der Waals surface area contributed by atoms with Crippen molar-refractivity contribution in [1.82, 2.24) is 4.57 Å². The fraction of sp³-hybridized carbons (Fsp3) is 0.545. The van der Waals surface area contributed by atoms with E-state index in [-0.39, 0.29) is 5.56 Å². The quantitative estimate of drug-likeness (QED) is 0.315. The number of aryl methyl sites for hydroxylation is 1. The third-order valence-electron chi connectivity index (χ3n) is 2.43. The molecule has 0 bridgehead atoms. The Labute approximate surface area is 99.5 Å². The highest BCUT2D eigenvalue weighted by Crippen LogP contribution is 2.03. The Morgan fingerprint density at radius 1 is 1.47 bits per heavy atom. The van der Waals surface area contributed by atoms with Gasteiger partial charge in [0.1, 0.15) is 0 Å². The lowest BCUT2D eigenvalue weighted by atomic mass is 10.2. The Balaban J connectivity index is 2.41. The van der Waals surface area contributed by atoms with Gasteiger partial charge in [-0.25, -0.2) is 0 Å². The lowest BCUT2D eigenvalue weighted by Crippen LogP contribution is -2.20. The first-order valence-electron chi connectivity index (χ1n) is 5.54. The van der Waals surface area contributed by atoms with Gasteiger partial charge >= 0.3 is 0 Å². The van der Waals surface area contributed by atoms with Crippen LogP contribution in [-0.4, -0.2) is 18.2 Å². The minimum absolute atomic E-state index is 0.106. The van der Waals surface area contributed by atoms with Gasteiger partial charge in [0.15, 0.2) is 5.75 Å². The molecule has 0 aliphatic carbocycles. The minimum atomic E-state index is -0.106. The zero-order valence-electron chi connectivity index (χ0n) is 9.87. The molecule has 0 saturated carbocycles. The van der Waals surface area contributed by atoms with Crippen molar-refractivity contribution in [3.05, 3.63) is 39.1 Å². The van der Waals surface area contributed by atoms with Crippen LogP contribution in [0.25, 0.3) is 10.4 Å². The average molecular weight is 236 g/mol. The molecule has 0 aromatic carbocycles. The third-order valence-corrected chi connectivity index (χ3v) is 2.43. The zero-order chi connectivity index (χ0) is 12.5. The van der Waals surface area contributed by atoms with E-state index in [2.05, 4.69) is 10.0 Å². The van der Waals surface area contributed by atoms with Crippen molar-refractivity contribution >= 4 is 0 Å². The lowest BCUT2D eigenvalue weighted by molar-refractivity contribution is 0.401. The van der Waals surface area contributed by atoms with Crippen molar-refractivity contribution in [2.75, 3.05) is 13.7 Å². The van der Waals surface area contributed by atoms with E-state index in [4.69, 9.17) is 10.3 Å². The van der Waals surface area contributed by atoms with Gasteiger partial charge in [-0.15, -0.1) is 0 Å². The summed E-state index contributed by atoms with van der Waals surface area (Å²) in [6.45, 7) is 1.18. The van der Waals surface area contributed by atoms with Crippen LogP contribution in [0.1, 0.15) is 19.3 Å². The molecule has 0 fully saturated rings. The van der Waals surface area contributed by atoms with Gasteiger partial charge < -0.3 is 9.30 Å². The van der Waals surface area contributed by atoms with Crippen LogP contribution >= 0.6 is 0 Å². The molecule has 0 radical (unpaired) electrons. The summed E-state index contributed by atoms with van der Waals surface area (Å²) in [6, 6.07) is 3.45. The van der Waals surface area contributed by atoms with E-state index < -0.39 is 0 Å². The highest BCUT2D eigenvalue weighted by atomic mass is 16.5. The predicted octanol–water partition coefficient (Wildman–Crippen LogP) is 2.34. The fourth-order valence-corrected chi connectivity index (χ4v) is 1.53. The van der Waals surface area contributed by atoms with E-state index >= 15 is 0 Å². The van der Waals surface area contributed by atoms with Crippen LogP contribution in [0.4, 0.5) is 0 Å². The highest BCUT2D eigenvalue weighted by Gasteiger charge is 2.01. The van der Waals surface area contributed by atoms with Crippen LogP contribution in [-0.2, 0) is 6.54 Å². The summed E-state index contributed by atoms with van der Waals surface area (Å²) in [7, 11) is 1.49. The number of pyridine rings is 1. The Kier molecular flexibility index (Phi) is 5.68. The molecule has 17 heavy (non-hydrogen) atoms. The lowest BCUT2D eigenvalue weighted by Gasteiger charge is -2.06. The normalized spacial score (nSPS) is 9.71. The number of hydrogen-bond donors (Lipinski definition) is 0. The first-order valence-corrected chi connectivity index (χ1v) is 5.54. The van der Waals surface area contributed by atoms with Crippen molar-refractivity contribution in [2.24, 2.45) is 5.11 Å². The fourth-order valence-electron chi connectivity index (χ4n) is 1.53. The molecule has 1 rings (SSSR count). The van der Waals surface area contributed by atoms with Crippen LogP contribution in [0.2, 0.25) is 0 Å². The molecular weight excluding hydrogens is 220 g/mol. The number of methoxy groups -OCH3 is 1. The molecule has 92 valence electrons. The Hall–Kier alpha value is -1.94. The van der Waals surface area contributed by atoms with E-state index in [1.807, 2.05) is 0 Å². The van der Waals surface area contributed by atoms with E-state index in [1.54, 1.807) is 22.9 Å². The summed E-state index contributed by atoms with van der Waals surface area (Å²) in [5.74, 6) is 0.363. The van der Waals surface area contributed by atoms with Gasteiger partial charge in [0, 0.05) is 24.2 Å². The van der Waals surface area contributed by atoms with E-state index in [0.717, 1.165) is 19.3 Å². The molecule has 6 nitrogen and oxygen atoms in total. The number of aromatic nitrogens is 1. The molecule has 1 heterocycles. The first kappa shape index (κ1) is 13.1. The van der Waals surface area contributed by atoms with Crippen LogP contribution in [0.5, 0.6) is 5.75 Å². The Morgan fingerprint density at radius 2 is 2.29 bits per heavy atom. The second-order valence-corrected chi connectivity index (χ2v) is 3.59. The van der Waals surface area contributed by atoms with Crippen molar-refractivity contribution in [1.29, 1.82) is 0 Å². The van der Waals surface area contributed by atoms with Gasteiger partial charge in [0.2, 0.25) is 0 Å². The molecule has 0 amide bonds. The van der Waals surface area contributed by atoms with Crippen LogP contribution in [0, 0.1) is 0 Å². The van der Waals surface area contributed by atoms with Gasteiger partial charge in [0.05, 0.1) is 7.11 Å². The predicted molar refractivity (Wildman–Crippen MR) is 65.1 cm³/mol. The molecule has 0 aliphatic rings. The monoisotopic (exact) mass is 236 g/mol. The highest BCUT2D eigenvalue weighted by molar-refractivity contribution is 5.16. The van der Waals surface area contributed by atoms with E-state index in [1.165, 1.54) is 7.11 Å². The van der Waals surface area contributed by atoms with Gasteiger partial charge in [-0.2, -0.15) is 0 Å². The van der Waals surface area contributed by atoms with Crippen molar-refractivity contribution in [2.45, 2.75) is 25.8 Å². The molecule has 0 atom stereocenters. The topological polar surface area (TPSA) is 80.0 Å². The number of ether oxygens (including phenoxy) is 1. The summed E-state index contributed by atoms with van der Waals surface area (Å²) in [5.41, 5.74) is 7.99. The molecule has 0 spiro atoms.